The second kappa shape index (κ2) is 4.58. The highest BCUT2D eigenvalue weighted by atomic mass is 32.2. The summed E-state index contributed by atoms with van der Waals surface area (Å²) in [6.45, 7) is 0. The molecule has 1 rings (SSSR count). The van der Waals surface area contributed by atoms with Crippen LogP contribution in [0.2, 0.25) is 0 Å². The Labute approximate surface area is 93.1 Å². The molecule has 6 nitrogen and oxygen atoms in total. The number of nitrogens with zero attached hydrogens (tertiary/aromatic N) is 1. The molecular formula is C9H12N2O4S. The number of hydrogen-bond donors (Lipinski definition) is 1. The highest BCUT2D eigenvalue weighted by Crippen LogP contribution is 2.17. The molecule has 0 heterocycles. The Bertz CT molecular complexity index is 481. The Morgan fingerprint density at radius 1 is 1.38 bits per heavy atom. The van der Waals surface area contributed by atoms with Crippen LogP contribution in [0.1, 0.15) is 11.6 Å². The van der Waals surface area contributed by atoms with E-state index in [2.05, 4.69) is 0 Å². The number of sulfone groups is 1. The fourth-order valence-electron chi connectivity index (χ4n) is 1.27. The van der Waals surface area contributed by atoms with Gasteiger partial charge in [-0.05, 0) is 5.56 Å². The third-order valence-electron chi connectivity index (χ3n) is 2.01. The summed E-state index contributed by atoms with van der Waals surface area (Å²) in [5.41, 5.74) is 6.18. The van der Waals surface area contributed by atoms with E-state index in [-0.39, 0.29) is 11.4 Å². The molecule has 1 aromatic carbocycles. The molecule has 0 aliphatic rings. The van der Waals surface area contributed by atoms with E-state index < -0.39 is 20.8 Å². The van der Waals surface area contributed by atoms with E-state index in [9.17, 15) is 18.5 Å². The van der Waals surface area contributed by atoms with Gasteiger partial charge in [0, 0.05) is 24.4 Å². The SMILES string of the molecule is CS(=O)(=O)CC(N)c1ccc([N+](=O)[O-])cc1. The van der Waals surface area contributed by atoms with Crippen molar-refractivity contribution >= 4 is 15.5 Å². The second-order valence-corrected chi connectivity index (χ2v) is 5.73. The van der Waals surface area contributed by atoms with Crippen LogP contribution >= 0.6 is 0 Å². The molecule has 0 fully saturated rings. The summed E-state index contributed by atoms with van der Waals surface area (Å²) >= 11 is 0. The lowest BCUT2D eigenvalue weighted by Crippen LogP contribution is -2.20. The van der Waals surface area contributed by atoms with Gasteiger partial charge in [0.25, 0.3) is 5.69 Å². The van der Waals surface area contributed by atoms with E-state index in [1.54, 1.807) is 0 Å². The summed E-state index contributed by atoms with van der Waals surface area (Å²) in [6.07, 6.45) is 1.10. The van der Waals surface area contributed by atoms with Gasteiger partial charge in [0.15, 0.2) is 0 Å². The highest BCUT2D eigenvalue weighted by molar-refractivity contribution is 7.90. The van der Waals surface area contributed by atoms with Crippen molar-refractivity contribution in [3.63, 3.8) is 0 Å². The van der Waals surface area contributed by atoms with Crippen molar-refractivity contribution in [2.45, 2.75) is 6.04 Å². The number of benzene rings is 1. The number of nitro benzene ring substituents is 1. The molecule has 0 aliphatic heterocycles. The topological polar surface area (TPSA) is 103 Å². The van der Waals surface area contributed by atoms with Gasteiger partial charge in [0.1, 0.15) is 9.84 Å². The number of nitro groups is 1. The van der Waals surface area contributed by atoms with Gasteiger partial charge in [-0.15, -0.1) is 0 Å². The van der Waals surface area contributed by atoms with Gasteiger partial charge in [-0.3, -0.25) is 10.1 Å². The lowest BCUT2D eigenvalue weighted by molar-refractivity contribution is -0.384. The molecule has 16 heavy (non-hydrogen) atoms. The smallest absolute Gasteiger partial charge is 0.269 e. The summed E-state index contributed by atoms with van der Waals surface area (Å²) in [5, 5.41) is 10.4. The molecule has 2 N–H and O–H groups in total. The van der Waals surface area contributed by atoms with Crippen molar-refractivity contribution in [2.75, 3.05) is 12.0 Å². The first-order valence-electron chi connectivity index (χ1n) is 4.47. The van der Waals surface area contributed by atoms with Crippen molar-refractivity contribution < 1.29 is 13.3 Å². The maximum Gasteiger partial charge on any atom is 0.269 e. The Kier molecular flexibility index (Phi) is 3.61. The summed E-state index contributed by atoms with van der Waals surface area (Å²) < 4.78 is 22.0. The molecule has 0 aliphatic carbocycles. The van der Waals surface area contributed by atoms with Crippen LogP contribution in [0.15, 0.2) is 24.3 Å². The minimum Gasteiger partial charge on any atom is -0.323 e. The first-order chi connectivity index (χ1) is 7.29. The molecule has 1 unspecified atom stereocenters. The van der Waals surface area contributed by atoms with Crippen LogP contribution in [0, 0.1) is 10.1 Å². The number of hydrogen-bond acceptors (Lipinski definition) is 5. The number of rotatable bonds is 4. The molecule has 0 spiro atoms. The molecule has 0 amide bonds. The maximum atomic E-state index is 11.0. The van der Waals surface area contributed by atoms with E-state index >= 15 is 0 Å². The van der Waals surface area contributed by atoms with Gasteiger partial charge in [-0.2, -0.15) is 0 Å². The molecule has 0 radical (unpaired) electrons. The summed E-state index contributed by atoms with van der Waals surface area (Å²) in [4.78, 5) is 9.87. The zero-order chi connectivity index (χ0) is 12.3. The summed E-state index contributed by atoms with van der Waals surface area (Å²) in [5.74, 6) is -0.176. The van der Waals surface area contributed by atoms with E-state index in [0.29, 0.717) is 5.56 Å². The molecule has 88 valence electrons. The lowest BCUT2D eigenvalue weighted by Gasteiger charge is -2.09. The third-order valence-corrected chi connectivity index (χ3v) is 2.98. The zero-order valence-electron chi connectivity index (χ0n) is 8.66. The molecule has 7 heteroatoms. The van der Waals surface area contributed by atoms with Crippen molar-refractivity contribution in [3.05, 3.63) is 39.9 Å². The molecule has 1 atom stereocenters. The van der Waals surface area contributed by atoms with Gasteiger partial charge < -0.3 is 5.73 Å². The lowest BCUT2D eigenvalue weighted by atomic mass is 10.1. The third kappa shape index (κ3) is 3.59. The van der Waals surface area contributed by atoms with Crippen LogP contribution in [0.4, 0.5) is 5.69 Å². The van der Waals surface area contributed by atoms with E-state index in [0.717, 1.165) is 6.26 Å². The minimum absolute atomic E-state index is 0.0460. The Hall–Kier alpha value is -1.47. The Balaban J connectivity index is 2.86. The van der Waals surface area contributed by atoms with E-state index in [4.69, 9.17) is 5.73 Å². The van der Waals surface area contributed by atoms with Crippen molar-refractivity contribution in [3.8, 4) is 0 Å². The van der Waals surface area contributed by atoms with Crippen LogP contribution in [-0.4, -0.2) is 25.3 Å². The van der Waals surface area contributed by atoms with Crippen LogP contribution < -0.4 is 5.73 Å². The van der Waals surface area contributed by atoms with Crippen molar-refractivity contribution in [1.29, 1.82) is 0 Å². The normalized spacial score (nSPS) is 13.4. The predicted molar refractivity (Wildman–Crippen MR) is 59.7 cm³/mol. The quantitative estimate of drug-likeness (QED) is 0.618. The fourth-order valence-corrected chi connectivity index (χ4v) is 2.11. The van der Waals surface area contributed by atoms with Crippen LogP contribution in [0.25, 0.3) is 0 Å². The minimum atomic E-state index is -3.16. The highest BCUT2D eigenvalue weighted by Gasteiger charge is 2.14. The Morgan fingerprint density at radius 2 is 1.88 bits per heavy atom. The Morgan fingerprint density at radius 3 is 2.25 bits per heavy atom. The van der Waals surface area contributed by atoms with Crippen molar-refractivity contribution in [2.24, 2.45) is 5.73 Å². The zero-order valence-corrected chi connectivity index (χ0v) is 9.48. The van der Waals surface area contributed by atoms with E-state index in [1.165, 1.54) is 24.3 Å². The first kappa shape index (κ1) is 12.6. The van der Waals surface area contributed by atoms with Crippen molar-refractivity contribution in [1.82, 2.24) is 0 Å². The molecule has 0 saturated carbocycles. The van der Waals surface area contributed by atoms with Crippen LogP contribution in [-0.2, 0) is 9.84 Å². The number of nitrogens with two attached hydrogens (primary N) is 1. The van der Waals surface area contributed by atoms with Gasteiger partial charge >= 0.3 is 0 Å². The largest absolute Gasteiger partial charge is 0.323 e. The van der Waals surface area contributed by atoms with Crippen LogP contribution in [0.3, 0.4) is 0 Å². The molecule has 0 aromatic heterocycles. The summed E-state index contributed by atoms with van der Waals surface area (Å²) in [6, 6.07) is 4.88. The van der Waals surface area contributed by atoms with E-state index in [1.807, 2.05) is 0 Å². The van der Waals surface area contributed by atoms with Gasteiger partial charge in [-0.25, -0.2) is 8.42 Å². The monoisotopic (exact) mass is 244 g/mol. The molecular weight excluding hydrogens is 232 g/mol. The molecule has 0 saturated heterocycles. The average Bonchev–Trinajstić information content (AvgIpc) is 2.15. The molecule has 0 bridgehead atoms. The second-order valence-electron chi connectivity index (χ2n) is 3.55. The molecule has 1 aromatic rings. The van der Waals surface area contributed by atoms with Gasteiger partial charge in [-0.1, -0.05) is 12.1 Å². The number of non-ortho nitro benzene ring substituents is 1. The van der Waals surface area contributed by atoms with Gasteiger partial charge in [0.05, 0.1) is 10.7 Å². The predicted octanol–water partition coefficient (Wildman–Crippen LogP) is 0.639. The standard InChI is InChI=1S/C9H12N2O4S/c1-16(14,15)6-9(10)7-2-4-8(5-3-7)11(12)13/h2-5,9H,6,10H2,1H3. The first-order valence-corrected chi connectivity index (χ1v) is 6.53. The van der Waals surface area contributed by atoms with Gasteiger partial charge in [0.2, 0.25) is 0 Å². The summed E-state index contributed by atoms with van der Waals surface area (Å²) in [7, 11) is -3.16. The average molecular weight is 244 g/mol. The van der Waals surface area contributed by atoms with Crippen LogP contribution in [0.5, 0.6) is 0 Å². The maximum absolute atomic E-state index is 11.0. The fraction of sp³-hybridized carbons (Fsp3) is 0.333.